The highest BCUT2D eigenvalue weighted by Gasteiger charge is 2.37. The lowest BCUT2D eigenvalue weighted by Crippen LogP contribution is -2.36. The lowest BCUT2D eigenvalue weighted by Gasteiger charge is -2.21. The predicted octanol–water partition coefficient (Wildman–Crippen LogP) is 3.84. The molecule has 134 valence electrons. The monoisotopic (exact) mass is 350 g/mol. The summed E-state index contributed by atoms with van der Waals surface area (Å²) < 4.78 is 11.6. The normalized spacial score (nSPS) is 21.1. The van der Waals surface area contributed by atoms with Crippen LogP contribution in [0.5, 0.6) is 5.75 Å². The summed E-state index contributed by atoms with van der Waals surface area (Å²) in [6, 6.07) is 13.2. The summed E-state index contributed by atoms with van der Waals surface area (Å²) in [6.45, 7) is 2.69. The molecular weight excluding hydrogens is 328 g/mol. The van der Waals surface area contributed by atoms with Crippen LogP contribution in [-0.2, 0) is 11.3 Å². The number of amides is 1. The lowest BCUT2D eigenvalue weighted by atomic mass is 10.2. The summed E-state index contributed by atoms with van der Waals surface area (Å²) in [7, 11) is 0. The van der Waals surface area contributed by atoms with Gasteiger partial charge in [-0.2, -0.15) is 5.26 Å². The second-order valence-electron chi connectivity index (χ2n) is 7.30. The lowest BCUT2D eigenvalue weighted by molar-refractivity contribution is -0.134. The molecule has 5 heteroatoms. The molecule has 2 aliphatic carbocycles. The first-order valence-corrected chi connectivity index (χ1v) is 9.15. The van der Waals surface area contributed by atoms with Gasteiger partial charge in [-0.05, 0) is 55.5 Å². The molecule has 0 N–H and O–H groups in total. The molecule has 1 heterocycles. The molecule has 2 aromatic rings. The van der Waals surface area contributed by atoms with E-state index in [4.69, 9.17) is 14.4 Å². The SMILES string of the molecule is C[C@H]1C[C@@H]1c1ccc(CN(C(=O)COc2cccc(C#N)c2)C2CC2)o1. The average Bonchev–Trinajstić information content (AvgIpc) is 3.58. The van der Waals surface area contributed by atoms with Crippen molar-refractivity contribution in [2.75, 3.05) is 6.61 Å². The van der Waals surface area contributed by atoms with E-state index in [1.54, 1.807) is 24.3 Å². The van der Waals surface area contributed by atoms with E-state index in [0.29, 0.717) is 29.7 Å². The highest BCUT2D eigenvalue weighted by molar-refractivity contribution is 5.78. The Hall–Kier alpha value is -2.74. The number of nitriles is 1. The van der Waals surface area contributed by atoms with Crippen molar-refractivity contribution in [3.8, 4) is 11.8 Å². The first kappa shape index (κ1) is 16.7. The molecule has 1 amide bonds. The molecule has 2 atom stereocenters. The van der Waals surface area contributed by atoms with E-state index in [-0.39, 0.29) is 18.6 Å². The maximum absolute atomic E-state index is 12.7. The first-order chi connectivity index (χ1) is 12.6. The number of furan rings is 1. The Morgan fingerprint density at radius 3 is 2.85 bits per heavy atom. The van der Waals surface area contributed by atoms with Gasteiger partial charge in [-0.3, -0.25) is 4.79 Å². The third-order valence-corrected chi connectivity index (χ3v) is 5.12. The maximum atomic E-state index is 12.7. The fourth-order valence-corrected chi connectivity index (χ4v) is 3.26. The molecule has 4 rings (SSSR count). The number of benzene rings is 1. The highest BCUT2D eigenvalue weighted by Crippen LogP contribution is 2.47. The highest BCUT2D eigenvalue weighted by atomic mass is 16.5. The average molecular weight is 350 g/mol. The van der Waals surface area contributed by atoms with Crippen LogP contribution in [0.4, 0.5) is 0 Å². The van der Waals surface area contributed by atoms with E-state index in [1.165, 1.54) is 6.42 Å². The number of hydrogen-bond donors (Lipinski definition) is 0. The quantitative estimate of drug-likeness (QED) is 0.761. The predicted molar refractivity (Wildman–Crippen MR) is 95.5 cm³/mol. The Balaban J connectivity index is 1.37. The van der Waals surface area contributed by atoms with Gasteiger partial charge in [-0.15, -0.1) is 0 Å². The molecule has 5 nitrogen and oxygen atoms in total. The number of ether oxygens (including phenoxy) is 1. The summed E-state index contributed by atoms with van der Waals surface area (Å²) in [5, 5.41) is 8.94. The first-order valence-electron chi connectivity index (χ1n) is 9.15. The Morgan fingerprint density at radius 1 is 1.35 bits per heavy atom. The summed E-state index contributed by atoms with van der Waals surface area (Å²) in [4.78, 5) is 14.5. The molecule has 0 spiro atoms. The second-order valence-corrected chi connectivity index (χ2v) is 7.30. The van der Waals surface area contributed by atoms with Crippen molar-refractivity contribution >= 4 is 5.91 Å². The topological polar surface area (TPSA) is 66.5 Å². The van der Waals surface area contributed by atoms with Gasteiger partial charge < -0.3 is 14.1 Å². The van der Waals surface area contributed by atoms with Gasteiger partial charge in [0.05, 0.1) is 18.2 Å². The van der Waals surface area contributed by atoms with Gasteiger partial charge in [0.15, 0.2) is 6.61 Å². The van der Waals surface area contributed by atoms with Crippen LogP contribution in [0.1, 0.15) is 49.2 Å². The number of nitrogens with zero attached hydrogens (tertiary/aromatic N) is 2. The molecule has 1 aromatic heterocycles. The van der Waals surface area contributed by atoms with Crippen molar-refractivity contribution in [3.63, 3.8) is 0 Å². The van der Waals surface area contributed by atoms with Crippen molar-refractivity contribution in [1.29, 1.82) is 5.26 Å². The second kappa shape index (κ2) is 6.87. The molecule has 1 aromatic carbocycles. The summed E-state index contributed by atoms with van der Waals surface area (Å²) in [5.41, 5.74) is 0.520. The molecule has 0 radical (unpaired) electrons. The van der Waals surface area contributed by atoms with Crippen molar-refractivity contribution in [2.24, 2.45) is 5.92 Å². The van der Waals surface area contributed by atoms with Gasteiger partial charge in [0.2, 0.25) is 0 Å². The summed E-state index contributed by atoms with van der Waals surface area (Å²) in [6.07, 6.45) is 3.25. The van der Waals surface area contributed by atoms with E-state index in [9.17, 15) is 4.79 Å². The summed E-state index contributed by atoms with van der Waals surface area (Å²) in [5.74, 6) is 3.62. The van der Waals surface area contributed by atoms with Crippen LogP contribution in [0, 0.1) is 17.2 Å². The third kappa shape index (κ3) is 3.75. The maximum Gasteiger partial charge on any atom is 0.261 e. The third-order valence-electron chi connectivity index (χ3n) is 5.12. The molecule has 2 aliphatic rings. The van der Waals surface area contributed by atoms with Gasteiger partial charge in [-0.1, -0.05) is 13.0 Å². The molecule has 0 unspecified atom stereocenters. The number of rotatable bonds is 7. The molecule has 26 heavy (non-hydrogen) atoms. The van der Waals surface area contributed by atoms with E-state index in [0.717, 1.165) is 24.4 Å². The van der Waals surface area contributed by atoms with Crippen LogP contribution in [0.25, 0.3) is 0 Å². The zero-order chi connectivity index (χ0) is 18.1. The fraction of sp³-hybridized carbons (Fsp3) is 0.429. The molecular formula is C21H22N2O3. The summed E-state index contributed by atoms with van der Waals surface area (Å²) >= 11 is 0. The minimum Gasteiger partial charge on any atom is -0.484 e. The fourth-order valence-electron chi connectivity index (χ4n) is 3.26. The van der Waals surface area contributed by atoms with Crippen LogP contribution in [0.2, 0.25) is 0 Å². The Labute approximate surface area is 153 Å². The molecule has 2 saturated carbocycles. The van der Waals surface area contributed by atoms with Crippen molar-refractivity contribution in [1.82, 2.24) is 4.90 Å². The van der Waals surface area contributed by atoms with E-state index >= 15 is 0 Å². The largest absolute Gasteiger partial charge is 0.484 e. The zero-order valence-corrected chi connectivity index (χ0v) is 14.9. The Morgan fingerprint density at radius 2 is 2.15 bits per heavy atom. The zero-order valence-electron chi connectivity index (χ0n) is 14.9. The number of hydrogen-bond acceptors (Lipinski definition) is 4. The Kier molecular flexibility index (Phi) is 4.42. The van der Waals surface area contributed by atoms with Crippen LogP contribution in [0.3, 0.4) is 0 Å². The minimum atomic E-state index is -0.0485. The van der Waals surface area contributed by atoms with Crippen molar-refractivity contribution in [2.45, 2.75) is 44.7 Å². The van der Waals surface area contributed by atoms with Gasteiger partial charge in [0, 0.05) is 12.0 Å². The van der Waals surface area contributed by atoms with Gasteiger partial charge in [0.1, 0.15) is 17.3 Å². The number of carbonyl (C=O) groups excluding carboxylic acids is 1. The van der Waals surface area contributed by atoms with E-state index in [1.807, 2.05) is 17.0 Å². The molecule has 0 aliphatic heterocycles. The number of carbonyl (C=O) groups is 1. The van der Waals surface area contributed by atoms with Gasteiger partial charge in [0.25, 0.3) is 5.91 Å². The minimum absolute atomic E-state index is 0.0292. The molecule has 0 bridgehead atoms. The molecule has 0 saturated heterocycles. The van der Waals surface area contributed by atoms with Crippen LogP contribution >= 0.6 is 0 Å². The van der Waals surface area contributed by atoms with Gasteiger partial charge >= 0.3 is 0 Å². The van der Waals surface area contributed by atoms with Crippen LogP contribution in [0.15, 0.2) is 40.8 Å². The smallest absolute Gasteiger partial charge is 0.261 e. The standard InChI is InChI=1S/C21H22N2O3/c1-14-9-19(14)20-8-7-18(26-20)12-23(16-5-6-16)21(24)13-25-17-4-2-3-15(10-17)11-22/h2-4,7-8,10,14,16,19H,5-6,9,12-13H2,1H3/t14-,19-/m0/s1. The van der Waals surface area contributed by atoms with Gasteiger partial charge in [-0.25, -0.2) is 0 Å². The van der Waals surface area contributed by atoms with Crippen LogP contribution in [-0.4, -0.2) is 23.5 Å². The Bertz CT molecular complexity index is 847. The van der Waals surface area contributed by atoms with Crippen molar-refractivity contribution < 1.29 is 13.9 Å². The van der Waals surface area contributed by atoms with Crippen LogP contribution < -0.4 is 4.74 Å². The molecule has 2 fully saturated rings. The van der Waals surface area contributed by atoms with E-state index < -0.39 is 0 Å². The van der Waals surface area contributed by atoms with E-state index in [2.05, 4.69) is 13.0 Å². The van der Waals surface area contributed by atoms with Crippen molar-refractivity contribution in [3.05, 3.63) is 53.5 Å².